The number of fused-ring (bicyclic) bond motifs is 16. The molecule has 4 aliphatic heterocycles. The Morgan fingerprint density at radius 2 is 0.415 bits per heavy atom. The first-order valence-electron chi connectivity index (χ1n) is 42.1. The molecule has 12 aromatic rings. The van der Waals surface area contributed by atoms with Gasteiger partial charge in [0, 0.05) is 0 Å². The first kappa shape index (κ1) is 89.5. The molecular weight excluding hydrogens is 1600 g/mol. The molecule has 0 fully saturated rings. The van der Waals surface area contributed by atoms with Crippen LogP contribution in [0.5, 0.6) is 0 Å². The quantitative estimate of drug-likeness (QED) is 0.113. The predicted octanol–water partition coefficient (Wildman–Crippen LogP) is 29.2. The largest absolute Gasteiger partial charge is 2.00 e. The third kappa shape index (κ3) is 17.6. The summed E-state index contributed by atoms with van der Waals surface area (Å²) in [6.45, 7) is 62.8. The average Bonchev–Trinajstić information content (AvgIpc) is 1.61. The number of benzene rings is 6. The molecule has 0 N–H and O–H groups in total. The molecule has 6 aromatic carbocycles. The van der Waals surface area contributed by atoms with Crippen molar-refractivity contribution in [1.82, 2.24) is 39.9 Å². The Balaban J connectivity index is 0.00000434. The zero-order chi connectivity index (χ0) is 85.6. The van der Waals surface area contributed by atoms with Crippen molar-refractivity contribution < 1.29 is 39.0 Å². The van der Waals surface area contributed by atoms with Crippen LogP contribution in [0.4, 0.5) is 5.69 Å². The second kappa shape index (κ2) is 32.4. The molecule has 0 amide bonds. The molecular formula is C111H112N10Zn2. The summed E-state index contributed by atoms with van der Waals surface area (Å²) in [6, 6.07) is 63.3. The van der Waals surface area contributed by atoms with Crippen molar-refractivity contribution in [3.63, 3.8) is 0 Å². The van der Waals surface area contributed by atoms with Crippen LogP contribution in [0, 0.1) is 17.9 Å². The van der Waals surface area contributed by atoms with Gasteiger partial charge < -0.3 is 19.9 Å². The van der Waals surface area contributed by atoms with E-state index in [0.29, 0.717) is 33.7 Å². The van der Waals surface area contributed by atoms with Crippen molar-refractivity contribution in [3.05, 3.63) is 277 Å². The topological polar surface area (TPSA) is 136 Å². The molecule has 0 unspecified atom stereocenters. The van der Waals surface area contributed by atoms with Crippen molar-refractivity contribution in [2.75, 3.05) is 0 Å². The summed E-state index contributed by atoms with van der Waals surface area (Å²) < 4.78 is 0. The van der Waals surface area contributed by atoms with E-state index in [0.717, 1.165) is 145 Å². The van der Waals surface area contributed by atoms with Gasteiger partial charge in [-0.3, -0.25) is 0 Å². The van der Waals surface area contributed by atoms with Crippen LogP contribution in [0.2, 0.25) is 0 Å². The second-order valence-electron chi connectivity index (χ2n) is 41.3. The summed E-state index contributed by atoms with van der Waals surface area (Å²) in [4.78, 5) is 51.4. The first-order chi connectivity index (χ1) is 56.3. The molecule has 610 valence electrons. The maximum Gasteiger partial charge on any atom is 2.00 e. The third-order valence-corrected chi connectivity index (χ3v) is 23.9. The van der Waals surface area contributed by atoms with Crippen LogP contribution in [0.25, 0.3) is 175 Å². The summed E-state index contributed by atoms with van der Waals surface area (Å²) in [5.41, 5.74) is 32.3. The molecule has 16 bridgehead atoms. The summed E-state index contributed by atoms with van der Waals surface area (Å²) in [6.07, 6.45) is 17.2. The Morgan fingerprint density at radius 1 is 0.244 bits per heavy atom. The molecule has 0 atom stereocenters. The van der Waals surface area contributed by atoms with Gasteiger partial charge in [-0.25, -0.2) is 24.8 Å². The smallest absolute Gasteiger partial charge is 0.657 e. The van der Waals surface area contributed by atoms with Gasteiger partial charge in [-0.05, 0) is 226 Å². The van der Waals surface area contributed by atoms with Gasteiger partial charge in [0.25, 0.3) is 0 Å². The van der Waals surface area contributed by atoms with Crippen LogP contribution in [-0.4, -0.2) is 19.9 Å². The van der Waals surface area contributed by atoms with E-state index >= 15 is 0 Å². The minimum atomic E-state index is -0.236. The molecule has 4 aliphatic rings. The normalized spacial score (nSPS) is 13.0. The first-order valence-corrected chi connectivity index (χ1v) is 42.1. The summed E-state index contributed by atoms with van der Waals surface area (Å²) in [7, 11) is 0. The van der Waals surface area contributed by atoms with E-state index < -0.39 is 0 Å². The number of hydrogen-bond acceptors (Lipinski definition) is 5. The molecule has 0 aliphatic carbocycles. The summed E-state index contributed by atoms with van der Waals surface area (Å²) in [5, 5.41) is 10.2. The maximum atomic E-state index is 10.2. The van der Waals surface area contributed by atoms with Gasteiger partial charge in [0.05, 0.1) is 63.8 Å². The fraction of sp³-hybridized carbons (Fsp3) is 0.297. The minimum absolute atomic E-state index is 0. The van der Waals surface area contributed by atoms with Gasteiger partial charge in [-0.15, -0.1) is 44.1 Å². The SMILES string of the molecule is C.[C-]#[N+]c1ccc(-c2c3nc(c(-c4cc(C(C)(C)C)cc(C(C)(C)C)c4)c4ccc([n-]4)c(-c4c5nc(c(-c6cc(C(C)(C)C)cc(C(C)(C)C)c6)c6ccc([n-]6)c(-c6ccc(C#N)cc6)c6nc(c(-c7cc(C(C)(C)C)cc(C(C)(C)C)c7)c7ccc4[n-]7)C=C6)C=C5)c4nc(c(-c5cc(C(C)(C)C)cc(C(C)(C)C)c5)c5ccc2[n-]5)C=C4)C=C3)cc1.[Zn+2].[Zn+2]. The number of nitrogens with zero attached hydrogens (tertiary/aromatic N) is 10. The third-order valence-electron chi connectivity index (χ3n) is 23.9. The van der Waals surface area contributed by atoms with E-state index in [1.54, 1.807) is 0 Å². The number of rotatable bonds is 7. The molecule has 10 heterocycles. The van der Waals surface area contributed by atoms with E-state index in [2.05, 4.69) is 347 Å². The molecule has 0 radical (unpaired) electrons. The van der Waals surface area contributed by atoms with Crippen LogP contribution in [0.3, 0.4) is 0 Å². The van der Waals surface area contributed by atoms with Crippen LogP contribution in [0.1, 0.15) is 269 Å². The zero-order valence-corrected chi connectivity index (χ0v) is 81.6. The van der Waals surface area contributed by atoms with Crippen LogP contribution >= 0.6 is 0 Å². The van der Waals surface area contributed by atoms with Gasteiger partial charge in [-0.2, -0.15) is 5.26 Å². The average molecular weight is 1720 g/mol. The molecule has 123 heavy (non-hydrogen) atoms. The van der Waals surface area contributed by atoms with Gasteiger partial charge >= 0.3 is 39.0 Å². The van der Waals surface area contributed by atoms with Crippen molar-refractivity contribution >= 4 is 98.4 Å². The number of nitriles is 1. The van der Waals surface area contributed by atoms with Crippen LogP contribution < -0.4 is 19.9 Å². The molecule has 10 nitrogen and oxygen atoms in total. The number of aromatic nitrogens is 8. The van der Waals surface area contributed by atoms with Crippen molar-refractivity contribution in [2.24, 2.45) is 0 Å². The fourth-order valence-corrected chi connectivity index (χ4v) is 16.4. The van der Waals surface area contributed by atoms with Crippen molar-refractivity contribution in [1.29, 1.82) is 5.26 Å². The Bertz CT molecular complexity index is 6150. The van der Waals surface area contributed by atoms with Gasteiger partial charge in [0.1, 0.15) is 0 Å². The van der Waals surface area contributed by atoms with Gasteiger partial charge in [0.2, 0.25) is 0 Å². The van der Waals surface area contributed by atoms with E-state index in [1.807, 2.05) is 48.5 Å². The Labute approximate surface area is 754 Å². The molecule has 12 heteroatoms. The van der Waals surface area contributed by atoms with Crippen molar-refractivity contribution in [2.45, 2.75) is 217 Å². The van der Waals surface area contributed by atoms with Crippen LogP contribution in [-0.2, 0) is 82.3 Å². The second-order valence-corrected chi connectivity index (χ2v) is 41.3. The van der Waals surface area contributed by atoms with Gasteiger partial charge in [-0.1, -0.05) is 331 Å². The number of hydrogen-bond donors (Lipinski definition) is 0. The van der Waals surface area contributed by atoms with Gasteiger partial charge in [0.15, 0.2) is 5.69 Å². The molecule has 0 saturated heterocycles. The molecule has 0 spiro atoms. The zero-order valence-electron chi connectivity index (χ0n) is 75.7. The van der Waals surface area contributed by atoms with E-state index in [9.17, 15) is 5.26 Å². The van der Waals surface area contributed by atoms with E-state index in [1.165, 1.54) is 44.5 Å². The molecule has 6 aromatic heterocycles. The minimum Gasteiger partial charge on any atom is -0.657 e. The predicted molar refractivity (Wildman–Crippen MR) is 513 cm³/mol. The standard InChI is InChI=1S/C110H108N10.CH4.2Zn/c1-103(2,3)70-50-66(51-71(58-70)104(4,5)6)97-83-38-34-79(113-83)95(64-28-26-63(62-111)27-29-64)80-35-39-84(114-80)98(67-52-72(105(7,8)9)59-73(53-67)106(10,11)12)88-43-47-92(118-88)101(91-46-42-87(97)117-91)102-93-48-44-89(119-93)99(68-54-74(107(13,14)15)60-75(55-68)108(16,17)18)85-40-36-81(115-85)96(65-30-32-78(112-25)33-31-65)82-37-41-86(116-82)100(90-45-49-94(102)120-90)69-56-76(109(19,20)21)61-77(57-69)110(22,23)24;;;/h26-61H,1-24H3;1H4;;/q-4;;2*+2. The molecule has 0 saturated carbocycles. The Hall–Kier alpha value is -11.3. The van der Waals surface area contributed by atoms with E-state index in [-0.39, 0.29) is 89.7 Å². The monoisotopic (exact) mass is 1710 g/mol. The summed E-state index contributed by atoms with van der Waals surface area (Å²) in [5.74, 6) is 0. The maximum absolute atomic E-state index is 10.2. The fourth-order valence-electron chi connectivity index (χ4n) is 16.4. The van der Waals surface area contributed by atoms with E-state index in [4.69, 9.17) is 46.4 Å². The van der Waals surface area contributed by atoms with Crippen molar-refractivity contribution in [3.8, 4) is 84.0 Å². The molecule has 16 rings (SSSR count). The summed E-state index contributed by atoms with van der Waals surface area (Å²) >= 11 is 0. The Morgan fingerprint density at radius 3 is 0.593 bits per heavy atom. The Kier molecular flexibility index (Phi) is 23.6. The van der Waals surface area contributed by atoms with Crippen LogP contribution in [0.15, 0.2) is 170 Å².